The number of aliphatic carboxylic acids is 1. The first-order valence-electron chi connectivity index (χ1n) is 6.47. The lowest BCUT2D eigenvalue weighted by molar-refractivity contribution is -0.137. The minimum Gasteiger partial charge on any atom is -0.481 e. The number of carboxylic acids is 1. The van der Waals surface area contributed by atoms with Crippen molar-refractivity contribution in [2.24, 2.45) is 0 Å². The van der Waals surface area contributed by atoms with E-state index in [1.165, 1.54) is 11.0 Å². The fourth-order valence-corrected chi connectivity index (χ4v) is 2.11. The van der Waals surface area contributed by atoms with Crippen LogP contribution < -0.4 is 5.32 Å². The average molecular weight is 280 g/mol. The summed E-state index contributed by atoms with van der Waals surface area (Å²) in [5.74, 6) is -1.19. The fraction of sp³-hybridized carbons (Fsp3) is 0.429. The van der Waals surface area contributed by atoms with Gasteiger partial charge in [-0.05, 0) is 18.1 Å². The van der Waals surface area contributed by atoms with Crippen LogP contribution in [-0.4, -0.2) is 41.6 Å². The number of nitrogens with zero attached hydrogens (tertiary/aromatic N) is 1. The van der Waals surface area contributed by atoms with Crippen molar-refractivity contribution in [2.45, 2.75) is 24.8 Å². The van der Waals surface area contributed by atoms with E-state index in [1.54, 1.807) is 25.2 Å². The van der Waals surface area contributed by atoms with Gasteiger partial charge in [0.05, 0.1) is 6.42 Å². The first-order chi connectivity index (χ1) is 9.49. The van der Waals surface area contributed by atoms with Crippen LogP contribution in [0.15, 0.2) is 24.3 Å². The molecule has 1 aromatic carbocycles. The predicted molar refractivity (Wildman–Crippen MR) is 71.0 cm³/mol. The minimum atomic E-state index is -0.944. The van der Waals surface area contributed by atoms with Crippen LogP contribution in [0.3, 0.4) is 0 Å². The maximum absolute atomic E-state index is 13.6. The van der Waals surface area contributed by atoms with E-state index in [1.807, 2.05) is 0 Å². The summed E-state index contributed by atoms with van der Waals surface area (Å²) in [4.78, 5) is 23.6. The van der Waals surface area contributed by atoms with Crippen LogP contribution in [0.25, 0.3) is 0 Å². The lowest BCUT2D eigenvalue weighted by atomic mass is 10.1. The second-order valence-electron chi connectivity index (χ2n) is 4.98. The summed E-state index contributed by atoms with van der Waals surface area (Å²) in [6.45, 7) is 0.151. The lowest BCUT2D eigenvalue weighted by Crippen LogP contribution is -2.39. The van der Waals surface area contributed by atoms with Crippen molar-refractivity contribution in [3.8, 4) is 0 Å². The highest BCUT2D eigenvalue weighted by Crippen LogP contribution is 2.41. The second kappa shape index (κ2) is 5.90. The Labute approximate surface area is 116 Å². The zero-order valence-electron chi connectivity index (χ0n) is 11.2. The zero-order valence-corrected chi connectivity index (χ0v) is 11.2. The Morgan fingerprint density at radius 3 is 2.80 bits per heavy atom. The Morgan fingerprint density at radius 2 is 2.15 bits per heavy atom. The zero-order chi connectivity index (χ0) is 14.7. The van der Waals surface area contributed by atoms with E-state index < -0.39 is 5.97 Å². The van der Waals surface area contributed by atoms with Gasteiger partial charge in [-0.2, -0.15) is 0 Å². The largest absolute Gasteiger partial charge is 0.481 e. The number of carbonyl (C=O) groups excluding carboxylic acids is 1. The van der Waals surface area contributed by atoms with Crippen LogP contribution in [0, 0.1) is 5.82 Å². The van der Waals surface area contributed by atoms with Crippen molar-refractivity contribution in [3.05, 3.63) is 35.6 Å². The van der Waals surface area contributed by atoms with Gasteiger partial charge in [0.25, 0.3) is 0 Å². The number of benzene rings is 1. The van der Waals surface area contributed by atoms with Crippen LogP contribution in [0.4, 0.5) is 9.18 Å². The average Bonchev–Trinajstić information content (AvgIpc) is 3.15. The molecule has 0 heterocycles. The maximum atomic E-state index is 13.6. The Morgan fingerprint density at radius 1 is 1.45 bits per heavy atom. The van der Waals surface area contributed by atoms with Crippen LogP contribution in [-0.2, 0) is 4.79 Å². The summed E-state index contributed by atoms with van der Waals surface area (Å²) in [5, 5.41) is 11.3. The molecule has 1 aliphatic carbocycles. The number of halogens is 1. The molecule has 6 heteroatoms. The van der Waals surface area contributed by atoms with Crippen molar-refractivity contribution in [2.75, 3.05) is 13.6 Å². The van der Waals surface area contributed by atoms with E-state index in [2.05, 4.69) is 5.32 Å². The third-order valence-electron chi connectivity index (χ3n) is 3.41. The van der Waals surface area contributed by atoms with E-state index in [0.29, 0.717) is 12.0 Å². The molecule has 1 aromatic rings. The molecule has 0 saturated heterocycles. The molecule has 2 amide bonds. The molecule has 0 spiro atoms. The van der Waals surface area contributed by atoms with Gasteiger partial charge in [-0.25, -0.2) is 9.18 Å². The Hall–Kier alpha value is -2.11. The van der Waals surface area contributed by atoms with E-state index in [-0.39, 0.29) is 36.8 Å². The van der Waals surface area contributed by atoms with Crippen LogP contribution >= 0.6 is 0 Å². The predicted octanol–water partition coefficient (Wildman–Crippen LogP) is 1.80. The second-order valence-corrected chi connectivity index (χ2v) is 4.98. The van der Waals surface area contributed by atoms with Gasteiger partial charge in [-0.1, -0.05) is 18.2 Å². The topological polar surface area (TPSA) is 69.6 Å². The van der Waals surface area contributed by atoms with Gasteiger partial charge in [0, 0.05) is 25.6 Å². The molecule has 5 nitrogen and oxygen atoms in total. The summed E-state index contributed by atoms with van der Waals surface area (Å²) in [7, 11) is 1.54. The first kappa shape index (κ1) is 14.3. The summed E-state index contributed by atoms with van der Waals surface area (Å²) < 4.78 is 13.6. The molecule has 20 heavy (non-hydrogen) atoms. The van der Waals surface area contributed by atoms with Crippen molar-refractivity contribution in [3.63, 3.8) is 0 Å². The molecule has 2 N–H and O–H groups in total. The molecule has 1 fully saturated rings. The van der Waals surface area contributed by atoms with Gasteiger partial charge in [0.15, 0.2) is 0 Å². The summed E-state index contributed by atoms with van der Waals surface area (Å²) in [5.41, 5.74) is 0.617. The standard InChI is InChI=1S/C14H17FN2O3/c1-17(7-6-13(18)19)14(20)16-12-8-10(12)9-4-2-3-5-11(9)15/h2-5,10,12H,6-8H2,1H3,(H,16,20)(H,18,19)/t10-,12+/m0/s1. The van der Waals surface area contributed by atoms with E-state index >= 15 is 0 Å². The molecule has 2 atom stereocenters. The normalized spacial score (nSPS) is 20.3. The van der Waals surface area contributed by atoms with Crippen LogP contribution in [0.1, 0.15) is 24.3 Å². The van der Waals surface area contributed by atoms with E-state index in [4.69, 9.17) is 5.11 Å². The van der Waals surface area contributed by atoms with Crippen LogP contribution in [0.5, 0.6) is 0 Å². The number of urea groups is 1. The fourth-order valence-electron chi connectivity index (χ4n) is 2.11. The van der Waals surface area contributed by atoms with Gasteiger partial charge >= 0.3 is 12.0 Å². The van der Waals surface area contributed by atoms with E-state index in [9.17, 15) is 14.0 Å². The maximum Gasteiger partial charge on any atom is 0.317 e. The molecule has 0 aliphatic heterocycles. The third-order valence-corrected chi connectivity index (χ3v) is 3.41. The van der Waals surface area contributed by atoms with Crippen molar-refractivity contribution < 1.29 is 19.1 Å². The molecule has 0 bridgehead atoms. The summed E-state index contributed by atoms with van der Waals surface area (Å²) >= 11 is 0. The monoisotopic (exact) mass is 280 g/mol. The number of hydrogen-bond donors (Lipinski definition) is 2. The molecule has 108 valence electrons. The van der Waals surface area contributed by atoms with Gasteiger partial charge in [0.1, 0.15) is 5.82 Å². The van der Waals surface area contributed by atoms with Gasteiger partial charge in [0.2, 0.25) is 0 Å². The smallest absolute Gasteiger partial charge is 0.317 e. The highest BCUT2D eigenvalue weighted by Gasteiger charge is 2.41. The molecule has 2 rings (SSSR count). The number of hydrogen-bond acceptors (Lipinski definition) is 2. The van der Waals surface area contributed by atoms with Gasteiger partial charge < -0.3 is 15.3 Å². The Bertz CT molecular complexity index is 521. The molecule has 0 unspecified atom stereocenters. The highest BCUT2D eigenvalue weighted by molar-refractivity contribution is 5.76. The Balaban J connectivity index is 1.83. The molecular formula is C14H17FN2O3. The molecule has 0 radical (unpaired) electrons. The van der Waals surface area contributed by atoms with Crippen molar-refractivity contribution >= 4 is 12.0 Å². The number of nitrogens with one attached hydrogen (secondary N) is 1. The van der Waals surface area contributed by atoms with Gasteiger partial charge in [-0.3, -0.25) is 4.79 Å². The quantitative estimate of drug-likeness (QED) is 0.864. The van der Waals surface area contributed by atoms with Crippen molar-refractivity contribution in [1.82, 2.24) is 10.2 Å². The lowest BCUT2D eigenvalue weighted by Gasteiger charge is -2.17. The number of rotatable bonds is 5. The summed E-state index contributed by atoms with van der Waals surface area (Å²) in [6, 6.07) is 6.14. The van der Waals surface area contributed by atoms with Gasteiger partial charge in [-0.15, -0.1) is 0 Å². The number of carboxylic acid groups (broad SMARTS) is 1. The van der Waals surface area contributed by atoms with E-state index in [0.717, 1.165) is 0 Å². The highest BCUT2D eigenvalue weighted by atomic mass is 19.1. The molecule has 1 saturated carbocycles. The molecule has 0 aromatic heterocycles. The number of carbonyl (C=O) groups is 2. The number of amides is 2. The Kier molecular flexibility index (Phi) is 4.22. The molecular weight excluding hydrogens is 263 g/mol. The first-order valence-corrected chi connectivity index (χ1v) is 6.47. The SMILES string of the molecule is CN(CCC(=O)O)C(=O)N[C@@H]1C[C@H]1c1ccccc1F. The van der Waals surface area contributed by atoms with Crippen LogP contribution in [0.2, 0.25) is 0 Å². The minimum absolute atomic E-state index is 0.00743. The molecule has 1 aliphatic rings. The third kappa shape index (κ3) is 3.46. The summed E-state index contributed by atoms with van der Waals surface area (Å²) in [6.07, 6.45) is 0.616. The van der Waals surface area contributed by atoms with Crippen molar-refractivity contribution in [1.29, 1.82) is 0 Å².